The molecule has 0 aliphatic rings. The van der Waals surface area contributed by atoms with E-state index in [9.17, 15) is 9.50 Å². The molecule has 2 rings (SSSR count). The summed E-state index contributed by atoms with van der Waals surface area (Å²) in [5.74, 6) is -0.302. The molecule has 0 saturated heterocycles. The molecule has 0 radical (unpaired) electrons. The second kappa shape index (κ2) is 5.43. The monoisotopic (exact) mass is 322 g/mol. The Bertz CT molecular complexity index is 556. The fourth-order valence-corrected chi connectivity index (χ4v) is 2.64. The summed E-state index contributed by atoms with van der Waals surface area (Å²) in [5, 5.41) is 10.6. The largest absolute Gasteiger partial charge is 0.385 e. The van der Waals surface area contributed by atoms with Gasteiger partial charge in [-0.05, 0) is 43.2 Å². The van der Waals surface area contributed by atoms with E-state index in [0.29, 0.717) is 10.9 Å². The van der Waals surface area contributed by atoms with Gasteiger partial charge in [-0.25, -0.2) is 4.39 Å². The quantitative estimate of drug-likeness (QED) is 0.890. The zero-order valence-corrected chi connectivity index (χ0v) is 12.5. The van der Waals surface area contributed by atoms with Gasteiger partial charge >= 0.3 is 0 Å². The maximum atomic E-state index is 13.3. The minimum atomic E-state index is -1.01. The van der Waals surface area contributed by atoms with Crippen molar-refractivity contribution in [2.75, 3.05) is 0 Å². The van der Waals surface area contributed by atoms with E-state index < -0.39 is 5.60 Å². The van der Waals surface area contributed by atoms with E-state index in [1.807, 2.05) is 37.3 Å². The maximum Gasteiger partial charge on any atom is 0.124 e. The van der Waals surface area contributed by atoms with Crippen molar-refractivity contribution in [1.29, 1.82) is 0 Å². The van der Waals surface area contributed by atoms with Crippen molar-refractivity contribution in [2.24, 2.45) is 0 Å². The van der Waals surface area contributed by atoms with Gasteiger partial charge in [-0.1, -0.05) is 45.8 Å². The van der Waals surface area contributed by atoms with Gasteiger partial charge in [0.2, 0.25) is 0 Å². The second-order valence-corrected chi connectivity index (χ2v) is 6.01. The molecular weight excluding hydrogens is 307 g/mol. The average Bonchev–Trinajstić information content (AvgIpc) is 2.27. The first-order valence-electron chi connectivity index (χ1n) is 6.11. The molecule has 0 aliphatic carbocycles. The molecular formula is C16H16BrFO. The van der Waals surface area contributed by atoms with Crippen LogP contribution in [0.15, 0.2) is 46.9 Å². The normalized spacial score (nSPS) is 14.2. The van der Waals surface area contributed by atoms with Crippen LogP contribution in [0.5, 0.6) is 0 Å². The molecule has 0 heterocycles. The Kier molecular flexibility index (Phi) is 4.07. The average molecular weight is 323 g/mol. The summed E-state index contributed by atoms with van der Waals surface area (Å²) in [6, 6.07) is 12.4. The van der Waals surface area contributed by atoms with Crippen molar-refractivity contribution >= 4 is 15.9 Å². The van der Waals surface area contributed by atoms with Crippen LogP contribution >= 0.6 is 15.9 Å². The highest BCUT2D eigenvalue weighted by atomic mass is 79.9. The van der Waals surface area contributed by atoms with E-state index in [0.717, 1.165) is 16.7 Å². The van der Waals surface area contributed by atoms with Crippen molar-refractivity contribution in [3.8, 4) is 0 Å². The van der Waals surface area contributed by atoms with Gasteiger partial charge in [-0.15, -0.1) is 0 Å². The fraction of sp³-hybridized carbons (Fsp3) is 0.250. The number of benzene rings is 2. The van der Waals surface area contributed by atoms with Crippen LogP contribution in [0.2, 0.25) is 0 Å². The maximum absolute atomic E-state index is 13.3. The van der Waals surface area contributed by atoms with Crippen molar-refractivity contribution in [2.45, 2.75) is 25.9 Å². The van der Waals surface area contributed by atoms with Crippen molar-refractivity contribution < 1.29 is 9.50 Å². The number of halogens is 2. The smallest absolute Gasteiger partial charge is 0.124 e. The summed E-state index contributed by atoms with van der Waals surface area (Å²) in [6.07, 6.45) is 0.367. The molecule has 19 heavy (non-hydrogen) atoms. The summed E-state index contributed by atoms with van der Waals surface area (Å²) in [7, 11) is 0. The molecule has 0 amide bonds. The highest BCUT2D eigenvalue weighted by molar-refractivity contribution is 9.10. The van der Waals surface area contributed by atoms with Gasteiger partial charge in [0.15, 0.2) is 0 Å². The van der Waals surface area contributed by atoms with E-state index in [1.165, 1.54) is 12.1 Å². The number of aryl methyl sites for hydroxylation is 1. The molecule has 0 spiro atoms. The molecule has 0 aromatic heterocycles. The summed E-state index contributed by atoms with van der Waals surface area (Å²) in [4.78, 5) is 0. The molecule has 0 fully saturated rings. The minimum Gasteiger partial charge on any atom is -0.385 e. The van der Waals surface area contributed by atoms with Gasteiger partial charge in [0, 0.05) is 10.9 Å². The van der Waals surface area contributed by atoms with Crippen molar-refractivity contribution in [3.05, 3.63) is 69.4 Å². The molecule has 1 nitrogen and oxygen atoms in total. The standard InChI is InChI=1S/C16H16BrFO/c1-11-3-5-13(6-4-11)16(2,19)10-12-7-14(17)9-15(18)8-12/h3-9,19H,10H2,1-2H3. The van der Waals surface area contributed by atoms with E-state index in [1.54, 1.807) is 6.92 Å². The predicted molar refractivity (Wildman–Crippen MR) is 78.6 cm³/mol. The van der Waals surface area contributed by atoms with Crippen LogP contribution < -0.4 is 0 Å². The Hall–Kier alpha value is -1.19. The summed E-state index contributed by atoms with van der Waals surface area (Å²) in [6.45, 7) is 3.75. The van der Waals surface area contributed by atoms with Gasteiger partial charge in [0.05, 0.1) is 5.60 Å². The van der Waals surface area contributed by atoms with E-state index >= 15 is 0 Å². The number of aliphatic hydroxyl groups is 1. The molecule has 0 saturated carbocycles. The summed E-state index contributed by atoms with van der Waals surface area (Å²) >= 11 is 3.26. The van der Waals surface area contributed by atoms with Gasteiger partial charge in [0.1, 0.15) is 5.82 Å². The molecule has 1 N–H and O–H groups in total. The zero-order valence-electron chi connectivity index (χ0n) is 11.0. The van der Waals surface area contributed by atoms with Crippen LogP contribution in [0.25, 0.3) is 0 Å². The van der Waals surface area contributed by atoms with Crippen LogP contribution in [-0.2, 0) is 12.0 Å². The van der Waals surface area contributed by atoms with Gasteiger partial charge in [0.25, 0.3) is 0 Å². The predicted octanol–water partition coefficient (Wildman–Crippen LogP) is 4.35. The first kappa shape index (κ1) is 14.2. The first-order valence-corrected chi connectivity index (χ1v) is 6.91. The Labute approximate surface area is 121 Å². The Balaban J connectivity index is 2.27. The highest BCUT2D eigenvalue weighted by Gasteiger charge is 2.23. The van der Waals surface area contributed by atoms with Crippen molar-refractivity contribution in [3.63, 3.8) is 0 Å². The molecule has 2 aromatic carbocycles. The lowest BCUT2D eigenvalue weighted by atomic mass is 9.88. The minimum absolute atomic E-state index is 0.302. The Morgan fingerprint density at radius 2 is 1.79 bits per heavy atom. The third-order valence-corrected chi connectivity index (χ3v) is 3.60. The second-order valence-electron chi connectivity index (χ2n) is 5.09. The zero-order chi connectivity index (χ0) is 14.0. The summed E-state index contributed by atoms with van der Waals surface area (Å²) < 4.78 is 14.0. The molecule has 0 aliphatic heterocycles. The molecule has 100 valence electrons. The number of hydrogen-bond donors (Lipinski definition) is 1. The molecule has 2 aromatic rings. The van der Waals surface area contributed by atoms with Crippen molar-refractivity contribution in [1.82, 2.24) is 0 Å². The van der Waals surface area contributed by atoms with E-state index in [2.05, 4.69) is 15.9 Å². The van der Waals surface area contributed by atoms with Gasteiger partial charge in [-0.2, -0.15) is 0 Å². The SMILES string of the molecule is Cc1ccc(C(C)(O)Cc2cc(F)cc(Br)c2)cc1. The van der Waals surface area contributed by atoms with E-state index in [-0.39, 0.29) is 5.82 Å². The Morgan fingerprint density at radius 3 is 2.37 bits per heavy atom. The number of rotatable bonds is 3. The van der Waals surface area contributed by atoms with Crippen LogP contribution in [0, 0.1) is 12.7 Å². The lowest BCUT2D eigenvalue weighted by Crippen LogP contribution is -2.24. The molecule has 0 bridgehead atoms. The Morgan fingerprint density at radius 1 is 1.16 bits per heavy atom. The third kappa shape index (κ3) is 3.64. The lowest BCUT2D eigenvalue weighted by molar-refractivity contribution is 0.0575. The first-order chi connectivity index (χ1) is 8.87. The summed E-state index contributed by atoms with van der Waals surface area (Å²) in [5.41, 5.74) is 1.73. The molecule has 1 unspecified atom stereocenters. The van der Waals surface area contributed by atoms with Crippen LogP contribution in [0.4, 0.5) is 4.39 Å². The topological polar surface area (TPSA) is 20.2 Å². The fourth-order valence-electron chi connectivity index (χ4n) is 2.13. The van der Waals surface area contributed by atoms with E-state index in [4.69, 9.17) is 0 Å². The lowest BCUT2D eigenvalue weighted by Gasteiger charge is -2.24. The molecule has 3 heteroatoms. The van der Waals surface area contributed by atoms with Crippen LogP contribution in [0.1, 0.15) is 23.6 Å². The highest BCUT2D eigenvalue weighted by Crippen LogP contribution is 2.27. The van der Waals surface area contributed by atoms with Gasteiger partial charge < -0.3 is 5.11 Å². The third-order valence-electron chi connectivity index (χ3n) is 3.14. The van der Waals surface area contributed by atoms with Crippen LogP contribution in [-0.4, -0.2) is 5.11 Å². The number of hydrogen-bond acceptors (Lipinski definition) is 1. The molecule has 1 atom stereocenters. The van der Waals surface area contributed by atoms with Gasteiger partial charge in [-0.3, -0.25) is 0 Å². The van der Waals surface area contributed by atoms with Crippen LogP contribution in [0.3, 0.4) is 0 Å².